The summed E-state index contributed by atoms with van der Waals surface area (Å²) in [4.78, 5) is 28.6. The van der Waals surface area contributed by atoms with Gasteiger partial charge in [-0.2, -0.15) is 39.5 Å². The Morgan fingerprint density at radius 3 is 1.98 bits per heavy atom. The molecular formula is C29H24F9N5O3. The number of allylic oxidation sites excluding steroid dienone is 1. The van der Waals surface area contributed by atoms with E-state index < -0.39 is 58.9 Å². The Bertz CT molecular complexity index is 1550. The molecule has 2 aromatic carbocycles. The standard InChI is InChI=1S/C29H24F9N5O3/c1-16(27(30,31)32)23(39)4-2-3-10-41-25(44)24-15-22(9-11-40-24)46-21-7-5-19(6-8-21)42-26(45)43-20-13-17(28(33,34)35)12-18(14-20)29(36,37)38/h2-3,5-9,11-16,39H,4,10H2,1H3,(H,41,44)(H2,42,43,45)/b3-2+,39-23?. The van der Waals surface area contributed by atoms with E-state index in [1.807, 2.05) is 5.32 Å². The van der Waals surface area contributed by atoms with Crippen molar-refractivity contribution >= 4 is 29.0 Å². The third-order valence-electron chi connectivity index (χ3n) is 6.06. The summed E-state index contributed by atoms with van der Waals surface area (Å²) in [5.41, 5.74) is -4.39. The summed E-state index contributed by atoms with van der Waals surface area (Å²) in [6, 6.07) is 7.68. The van der Waals surface area contributed by atoms with Gasteiger partial charge in [0.25, 0.3) is 5.91 Å². The number of halogens is 9. The summed E-state index contributed by atoms with van der Waals surface area (Å²) in [6.07, 6.45) is -10.9. The molecule has 0 fully saturated rings. The van der Waals surface area contributed by atoms with Gasteiger partial charge in [0.05, 0.1) is 17.0 Å². The minimum atomic E-state index is -5.09. The Balaban J connectivity index is 1.55. The van der Waals surface area contributed by atoms with Crippen molar-refractivity contribution < 1.29 is 53.8 Å². The van der Waals surface area contributed by atoms with Crippen LogP contribution in [0.2, 0.25) is 0 Å². The number of aromatic nitrogens is 1. The molecule has 1 atom stereocenters. The Labute approximate surface area is 255 Å². The Hall–Kier alpha value is -5.09. The van der Waals surface area contributed by atoms with Gasteiger partial charge >= 0.3 is 24.6 Å². The molecule has 0 radical (unpaired) electrons. The average molecular weight is 662 g/mol. The molecule has 0 spiro atoms. The Morgan fingerprint density at radius 2 is 1.41 bits per heavy atom. The summed E-state index contributed by atoms with van der Waals surface area (Å²) in [5.74, 6) is -2.12. The van der Waals surface area contributed by atoms with Gasteiger partial charge in [-0.15, -0.1) is 0 Å². The number of urea groups is 1. The molecule has 1 aromatic heterocycles. The maximum atomic E-state index is 13.1. The van der Waals surface area contributed by atoms with E-state index in [-0.39, 0.29) is 41.9 Å². The van der Waals surface area contributed by atoms with Crippen LogP contribution in [0, 0.1) is 11.3 Å². The van der Waals surface area contributed by atoms with Crippen molar-refractivity contribution in [2.75, 3.05) is 17.2 Å². The van der Waals surface area contributed by atoms with Crippen LogP contribution in [0.5, 0.6) is 11.5 Å². The van der Waals surface area contributed by atoms with Crippen molar-refractivity contribution in [1.82, 2.24) is 10.3 Å². The van der Waals surface area contributed by atoms with E-state index in [0.717, 1.165) is 6.92 Å². The largest absolute Gasteiger partial charge is 0.457 e. The van der Waals surface area contributed by atoms with Gasteiger partial charge in [-0.1, -0.05) is 12.2 Å². The normalized spacial score (nSPS) is 12.8. The fourth-order valence-electron chi connectivity index (χ4n) is 3.57. The minimum Gasteiger partial charge on any atom is -0.457 e. The Morgan fingerprint density at radius 1 is 0.826 bits per heavy atom. The molecule has 4 N–H and O–H groups in total. The monoisotopic (exact) mass is 661 g/mol. The maximum absolute atomic E-state index is 13.1. The second kappa shape index (κ2) is 14.3. The maximum Gasteiger partial charge on any atom is 0.416 e. The number of carbonyl (C=O) groups excluding carboxylic acids is 2. The second-order valence-corrected chi connectivity index (χ2v) is 9.55. The van der Waals surface area contributed by atoms with Gasteiger partial charge in [0.2, 0.25) is 0 Å². The van der Waals surface area contributed by atoms with Crippen LogP contribution in [-0.4, -0.2) is 35.4 Å². The second-order valence-electron chi connectivity index (χ2n) is 9.55. The highest BCUT2D eigenvalue weighted by Gasteiger charge is 2.38. The van der Waals surface area contributed by atoms with Gasteiger partial charge in [0.15, 0.2) is 0 Å². The third-order valence-corrected chi connectivity index (χ3v) is 6.06. The predicted octanol–water partition coefficient (Wildman–Crippen LogP) is 8.45. The number of hydrogen-bond acceptors (Lipinski definition) is 5. The number of hydrogen-bond donors (Lipinski definition) is 4. The topological polar surface area (TPSA) is 116 Å². The first-order chi connectivity index (χ1) is 21.3. The lowest BCUT2D eigenvalue weighted by molar-refractivity contribution is -0.151. The first-order valence-corrected chi connectivity index (χ1v) is 13.0. The van der Waals surface area contributed by atoms with Crippen LogP contribution in [0.3, 0.4) is 0 Å². The molecule has 0 aliphatic carbocycles. The molecule has 1 heterocycles. The molecule has 0 saturated heterocycles. The lowest BCUT2D eigenvalue weighted by Gasteiger charge is -2.15. The van der Waals surface area contributed by atoms with E-state index in [1.54, 1.807) is 0 Å². The van der Waals surface area contributed by atoms with E-state index in [0.29, 0.717) is 12.1 Å². The lowest BCUT2D eigenvalue weighted by Crippen LogP contribution is -2.27. The highest BCUT2D eigenvalue weighted by atomic mass is 19.4. The molecule has 8 nitrogen and oxygen atoms in total. The number of pyridine rings is 1. The zero-order valence-electron chi connectivity index (χ0n) is 23.5. The molecule has 3 amide bonds. The first kappa shape index (κ1) is 35.4. The Kier molecular flexibility index (Phi) is 11.0. The van der Waals surface area contributed by atoms with Gasteiger partial charge in [0, 0.05) is 42.3 Å². The SMILES string of the molecule is CC(C(=N)C/C=C/CNC(=O)c1cc(Oc2ccc(NC(=O)Nc3cc(C(F)(F)F)cc(C(F)(F)F)c3)cc2)ccn1)C(F)(F)F. The number of nitrogens with zero attached hydrogens (tertiary/aromatic N) is 1. The van der Waals surface area contributed by atoms with Gasteiger partial charge in [-0.25, -0.2) is 4.79 Å². The molecule has 246 valence electrons. The van der Waals surface area contributed by atoms with Crippen LogP contribution in [0.1, 0.15) is 35.0 Å². The molecule has 0 aliphatic rings. The van der Waals surface area contributed by atoms with Crippen molar-refractivity contribution in [1.29, 1.82) is 5.41 Å². The van der Waals surface area contributed by atoms with Crippen LogP contribution in [0.15, 0.2) is 72.9 Å². The summed E-state index contributed by atoms with van der Waals surface area (Å²) < 4.78 is 122. The fraction of sp³-hybridized carbons (Fsp3) is 0.241. The van der Waals surface area contributed by atoms with Crippen LogP contribution in [-0.2, 0) is 12.4 Å². The van der Waals surface area contributed by atoms with E-state index in [1.165, 1.54) is 54.7 Å². The minimum absolute atomic E-state index is 0.0431. The van der Waals surface area contributed by atoms with E-state index in [4.69, 9.17) is 10.1 Å². The molecule has 3 aromatic rings. The van der Waals surface area contributed by atoms with Gasteiger partial charge < -0.3 is 26.1 Å². The van der Waals surface area contributed by atoms with E-state index in [2.05, 4.69) is 15.6 Å². The third kappa shape index (κ3) is 10.5. The molecule has 3 rings (SSSR count). The number of anilines is 2. The molecule has 0 aliphatic heterocycles. The molecular weight excluding hydrogens is 637 g/mol. The van der Waals surface area contributed by atoms with Crippen molar-refractivity contribution in [2.45, 2.75) is 31.9 Å². The van der Waals surface area contributed by atoms with E-state index >= 15 is 0 Å². The van der Waals surface area contributed by atoms with Crippen molar-refractivity contribution in [3.05, 3.63) is 89.8 Å². The highest BCUT2D eigenvalue weighted by molar-refractivity contribution is 6.00. The van der Waals surface area contributed by atoms with Crippen molar-refractivity contribution in [3.8, 4) is 11.5 Å². The average Bonchev–Trinajstić information content (AvgIpc) is 2.96. The number of carbonyl (C=O) groups is 2. The molecule has 0 saturated carbocycles. The fourth-order valence-corrected chi connectivity index (χ4v) is 3.57. The van der Waals surface area contributed by atoms with Crippen LogP contribution in [0.4, 0.5) is 55.7 Å². The smallest absolute Gasteiger partial charge is 0.416 e. The van der Waals surface area contributed by atoms with Gasteiger partial charge in [0.1, 0.15) is 17.2 Å². The quantitative estimate of drug-likeness (QED) is 0.0992. The number of amides is 3. The number of alkyl halides is 9. The van der Waals surface area contributed by atoms with E-state index in [9.17, 15) is 49.1 Å². The molecule has 17 heteroatoms. The van der Waals surface area contributed by atoms with Crippen LogP contribution in [0.25, 0.3) is 0 Å². The summed E-state index contributed by atoms with van der Waals surface area (Å²) in [6.45, 7) is 0.843. The van der Waals surface area contributed by atoms with Gasteiger partial charge in [-0.05, 0) is 55.5 Å². The first-order valence-electron chi connectivity index (χ1n) is 13.0. The predicted molar refractivity (Wildman–Crippen MR) is 149 cm³/mol. The van der Waals surface area contributed by atoms with Crippen molar-refractivity contribution in [2.24, 2.45) is 5.92 Å². The summed E-state index contributed by atoms with van der Waals surface area (Å²) >= 11 is 0. The number of nitrogens with one attached hydrogen (secondary N) is 4. The number of benzene rings is 2. The molecule has 1 unspecified atom stereocenters. The zero-order chi connectivity index (χ0) is 34.3. The summed E-state index contributed by atoms with van der Waals surface area (Å²) in [5, 5.41) is 14.2. The zero-order valence-corrected chi connectivity index (χ0v) is 23.5. The molecule has 46 heavy (non-hydrogen) atoms. The lowest BCUT2D eigenvalue weighted by atomic mass is 10.0. The van der Waals surface area contributed by atoms with Crippen LogP contribution < -0.4 is 20.7 Å². The van der Waals surface area contributed by atoms with Crippen molar-refractivity contribution in [3.63, 3.8) is 0 Å². The number of rotatable bonds is 10. The van der Waals surface area contributed by atoms with Gasteiger partial charge in [-0.3, -0.25) is 9.78 Å². The van der Waals surface area contributed by atoms with Crippen LogP contribution >= 0.6 is 0 Å². The number of ether oxygens (including phenoxy) is 1. The molecule has 0 bridgehead atoms. The highest BCUT2D eigenvalue weighted by Crippen LogP contribution is 2.37. The summed E-state index contributed by atoms with van der Waals surface area (Å²) in [7, 11) is 0.